The van der Waals surface area contributed by atoms with Crippen LogP contribution in [-0.4, -0.2) is 41.0 Å². The lowest BCUT2D eigenvalue weighted by molar-refractivity contribution is -0.121. The Hall–Kier alpha value is -1.70. The highest BCUT2D eigenvalue weighted by atomic mass is 32.2. The smallest absolute Gasteiger partial charge is 0.234 e. The van der Waals surface area contributed by atoms with Gasteiger partial charge in [-0.2, -0.15) is 0 Å². The molecule has 1 rings (SSSR count). The quantitative estimate of drug-likeness (QED) is 0.494. The first-order valence-corrected chi connectivity index (χ1v) is 8.38. The minimum absolute atomic E-state index is 0.160. The summed E-state index contributed by atoms with van der Waals surface area (Å²) in [6, 6.07) is 5.58. The number of hydrogen-bond acceptors (Lipinski definition) is 5. The number of carbonyl (C=O) groups is 1. The number of nitrogens with one attached hydrogen (secondary N) is 1. The molecule has 5 nitrogen and oxygen atoms in total. The van der Waals surface area contributed by atoms with Crippen LogP contribution in [0.25, 0.3) is 0 Å². The SMILES string of the molecule is C=CN=C(SC)C(O)C(CCc1ccc(F)cc1)NC(=O)CN. The molecule has 23 heavy (non-hydrogen) atoms. The molecule has 1 aromatic carbocycles. The Kier molecular flexibility index (Phi) is 8.53. The van der Waals surface area contributed by atoms with Gasteiger partial charge >= 0.3 is 0 Å². The van der Waals surface area contributed by atoms with Gasteiger partial charge in [0.2, 0.25) is 5.91 Å². The van der Waals surface area contributed by atoms with Crippen LogP contribution in [0.15, 0.2) is 42.0 Å². The normalized spacial score (nSPS) is 14.2. The summed E-state index contributed by atoms with van der Waals surface area (Å²) in [5, 5.41) is 13.6. The minimum Gasteiger partial charge on any atom is -0.384 e. The second kappa shape index (κ2) is 10.1. The Bertz CT molecular complexity index is 549. The van der Waals surface area contributed by atoms with Crippen LogP contribution >= 0.6 is 11.8 Å². The molecule has 0 heterocycles. The highest BCUT2D eigenvalue weighted by Crippen LogP contribution is 2.14. The van der Waals surface area contributed by atoms with Crippen LogP contribution < -0.4 is 11.1 Å². The van der Waals surface area contributed by atoms with E-state index in [0.29, 0.717) is 17.9 Å². The maximum atomic E-state index is 12.9. The number of aliphatic imine (C=N–C) groups is 1. The van der Waals surface area contributed by atoms with Crippen LogP contribution in [0.2, 0.25) is 0 Å². The number of aliphatic hydroxyl groups is 1. The van der Waals surface area contributed by atoms with Crippen molar-refractivity contribution in [2.45, 2.75) is 25.0 Å². The van der Waals surface area contributed by atoms with Gasteiger partial charge in [0.1, 0.15) is 17.0 Å². The molecule has 0 saturated heterocycles. The van der Waals surface area contributed by atoms with Crippen molar-refractivity contribution in [3.8, 4) is 0 Å². The van der Waals surface area contributed by atoms with Crippen LogP contribution in [-0.2, 0) is 11.2 Å². The van der Waals surface area contributed by atoms with Crippen molar-refractivity contribution in [1.29, 1.82) is 0 Å². The van der Waals surface area contributed by atoms with Gasteiger partial charge in [0, 0.05) is 6.20 Å². The Labute approximate surface area is 139 Å². The molecule has 4 N–H and O–H groups in total. The van der Waals surface area contributed by atoms with Crippen molar-refractivity contribution in [1.82, 2.24) is 5.32 Å². The molecule has 0 aliphatic rings. The zero-order valence-corrected chi connectivity index (χ0v) is 13.9. The molecule has 1 amide bonds. The highest BCUT2D eigenvalue weighted by molar-refractivity contribution is 8.13. The first kappa shape index (κ1) is 19.3. The van der Waals surface area contributed by atoms with E-state index < -0.39 is 12.1 Å². The number of amides is 1. The Morgan fingerprint density at radius 2 is 2.17 bits per heavy atom. The lowest BCUT2D eigenvalue weighted by atomic mass is 10.0. The summed E-state index contributed by atoms with van der Waals surface area (Å²) in [6.07, 6.45) is 3.21. The second-order valence-corrected chi connectivity index (χ2v) is 5.67. The molecule has 126 valence electrons. The third-order valence-corrected chi connectivity index (χ3v) is 4.02. The molecule has 0 bridgehead atoms. The molecular formula is C16H22FN3O2S. The Morgan fingerprint density at radius 1 is 1.52 bits per heavy atom. The van der Waals surface area contributed by atoms with E-state index in [1.54, 1.807) is 18.4 Å². The van der Waals surface area contributed by atoms with E-state index in [9.17, 15) is 14.3 Å². The van der Waals surface area contributed by atoms with E-state index in [2.05, 4.69) is 16.9 Å². The van der Waals surface area contributed by atoms with E-state index in [-0.39, 0.29) is 18.3 Å². The fourth-order valence-corrected chi connectivity index (χ4v) is 2.65. The zero-order valence-electron chi connectivity index (χ0n) is 13.0. The lowest BCUT2D eigenvalue weighted by Crippen LogP contribution is -2.48. The molecule has 7 heteroatoms. The van der Waals surface area contributed by atoms with E-state index in [0.717, 1.165) is 5.56 Å². The van der Waals surface area contributed by atoms with Crippen molar-refractivity contribution in [2.75, 3.05) is 12.8 Å². The molecule has 0 saturated carbocycles. The van der Waals surface area contributed by atoms with Gasteiger partial charge in [-0.3, -0.25) is 9.79 Å². The van der Waals surface area contributed by atoms with Crippen molar-refractivity contribution in [3.63, 3.8) is 0 Å². The molecule has 0 fully saturated rings. The summed E-state index contributed by atoms with van der Waals surface area (Å²) < 4.78 is 12.9. The fourth-order valence-electron chi connectivity index (χ4n) is 2.06. The van der Waals surface area contributed by atoms with Crippen LogP contribution in [0.4, 0.5) is 4.39 Å². The number of rotatable bonds is 8. The molecule has 0 aromatic heterocycles. The first-order valence-electron chi connectivity index (χ1n) is 7.16. The molecule has 2 atom stereocenters. The average Bonchev–Trinajstić information content (AvgIpc) is 2.57. The fraction of sp³-hybridized carbons (Fsp3) is 0.375. The molecule has 0 radical (unpaired) electrons. The van der Waals surface area contributed by atoms with Crippen molar-refractivity contribution in [2.24, 2.45) is 10.7 Å². The number of thioether (sulfide) groups is 1. The van der Waals surface area contributed by atoms with Gasteiger partial charge < -0.3 is 16.2 Å². The molecule has 0 aliphatic carbocycles. The topological polar surface area (TPSA) is 87.7 Å². The third-order valence-electron chi connectivity index (χ3n) is 3.25. The van der Waals surface area contributed by atoms with Gasteiger partial charge in [-0.25, -0.2) is 4.39 Å². The summed E-state index contributed by atoms with van der Waals surface area (Å²) >= 11 is 1.29. The number of aryl methyl sites for hydroxylation is 1. The average molecular weight is 339 g/mol. The van der Waals surface area contributed by atoms with E-state index >= 15 is 0 Å². The summed E-state index contributed by atoms with van der Waals surface area (Å²) in [5.41, 5.74) is 6.24. The monoisotopic (exact) mass is 339 g/mol. The van der Waals surface area contributed by atoms with Crippen molar-refractivity contribution in [3.05, 3.63) is 48.4 Å². The number of halogens is 1. The zero-order chi connectivity index (χ0) is 17.2. The van der Waals surface area contributed by atoms with Crippen molar-refractivity contribution >= 4 is 22.7 Å². The summed E-state index contributed by atoms with van der Waals surface area (Å²) in [5.74, 6) is -0.656. The Morgan fingerprint density at radius 3 is 2.70 bits per heavy atom. The molecule has 1 aromatic rings. The molecule has 2 unspecified atom stereocenters. The highest BCUT2D eigenvalue weighted by Gasteiger charge is 2.25. The standard InChI is InChI=1S/C16H22FN3O2S/c1-3-19-16(23-2)15(22)13(20-14(21)10-18)9-6-11-4-7-12(17)8-5-11/h3-5,7-8,13,15,22H,1,6,9-10,18H2,2H3,(H,20,21). The maximum Gasteiger partial charge on any atom is 0.234 e. The number of hydrogen-bond donors (Lipinski definition) is 3. The van der Waals surface area contributed by atoms with Gasteiger partial charge in [-0.15, -0.1) is 11.8 Å². The first-order chi connectivity index (χ1) is 11.0. The number of benzene rings is 1. The van der Waals surface area contributed by atoms with Crippen LogP contribution in [0.1, 0.15) is 12.0 Å². The summed E-state index contributed by atoms with van der Waals surface area (Å²) in [4.78, 5) is 15.6. The number of carbonyl (C=O) groups excluding carboxylic acids is 1. The number of nitrogens with two attached hydrogens (primary N) is 1. The van der Waals surface area contributed by atoms with Crippen LogP contribution in [0.3, 0.4) is 0 Å². The van der Waals surface area contributed by atoms with E-state index in [4.69, 9.17) is 5.73 Å². The van der Waals surface area contributed by atoms with Gasteiger partial charge in [-0.1, -0.05) is 18.7 Å². The predicted molar refractivity (Wildman–Crippen MR) is 92.9 cm³/mol. The minimum atomic E-state index is -0.959. The second-order valence-electron chi connectivity index (χ2n) is 4.84. The maximum absolute atomic E-state index is 12.9. The largest absolute Gasteiger partial charge is 0.384 e. The van der Waals surface area contributed by atoms with Crippen LogP contribution in [0, 0.1) is 5.82 Å². The summed E-state index contributed by atoms with van der Waals surface area (Å²) in [7, 11) is 0. The number of aliphatic hydroxyl groups excluding tert-OH is 1. The van der Waals surface area contributed by atoms with Crippen molar-refractivity contribution < 1.29 is 14.3 Å². The predicted octanol–water partition coefficient (Wildman–Crippen LogP) is 1.47. The van der Waals surface area contributed by atoms with Gasteiger partial charge in [0.15, 0.2) is 0 Å². The van der Waals surface area contributed by atoms with E-state index in [1.807, 2.05) is 0 Å². The third kappa shape index (κ3) is 6.52. The summed E-state index contributed by atoms with van der Waals surface area (Å²) in [6.45, 7) is 3.35. The van der Waals surface area contributed by atoms with Gasteiger partial charge in [-0.05, 0) is 36.8 Å². The molecular weight excluding hydrogens is 317 g/mol. The Balaban J connectivity index is 2.82. The van der Waals surface area contributed by atoms with Gasteiger partial charge in [0.25, 0.3) is 0 Å². The van der Waals surface area contributed by atoms with Gasteiger partial charge in [0.05, 0.1) is 12.6 Å². The molecule has 0 spiro atoms. The number of nitrogens with zero attached hydrogens (tertiary/aromatic N) is 1. The van der Waals surface area contributed by atoms with E-state index in [1.165, 1.54) is 30.1 Å². The van der Waals surface area contributed by atoms with Crippen LogP contribution in [0.5, 0.6) is 0 Å². The molecule has 0 aliphatic heterocycles. The lowest BCUT2D eigenvalue weighted by Gasteiger charge is -2.24.